The molecule has 0 heterocycles. The minimum absolute atomic E-state index is 0.0787. The van der Waals surface area contributed by atoms with Gasteiger partial charge in [-0.1, -0.05) is 28.1 Å². The van der Waals surface area contributed by atoms with E-state index in [1.807, 2.05) is 24.3 Å². The van der Waals surface area contributed by atoms with Crippen molar-refractivity contribution in [2.45, 2.75) is 6.42 Å². The van der Waals surface area contributed by atoms with Gasteiger partial charge in [-0.05, 0) is 17.7 Å². The van der Waals surface area contributed by atoms with E-state index in [-0.39, 0.29) is 5.91 Å². The first kappa shape index (κ1) is 15.5. The molecule has 1 rings (SSSR count). The second-order valence-electron chi connectivity index (χ2n) is 3.87. The lowest BCUT2D eigenvalue weighted by Gasteiger charge is -2.21. The molecule has 0 aliphatic heterocycles. The molecule has 0 unspecified atom stereocenters. The topological polar surface area (TPSA) is 29.5 Å². The maximum absolute atomic E-state index is 12.1. The SMILES string of the molecule is COCCN(CCCl)C(=O)Cc1ccc(Br)cc1. The summed E-state index contributed by atoms with van der Waals surface area (Å²) >= 11 is 9.07. The number of carbonyl (C=O) groups is 1. The van der Waals surface area contributed by atoms with Crippen LogP contribution in [0.5, 0.6) is 0 Å². The van der Waals surface area contributed by atoms with Crippen LogP contribution in [0.2, 0.25) is 0 Å². The van der Waals surface area contributed by atoms with Crippen molar-refractivity contribution < 1.29 is 9.53 Å². The number of ether oxygens (including phenoxy) is 1. The molecule has 5 heteroatoms. The van der Waals surface area contributed by atoms with E-state index in [1.165, 1.54) is 0 Å². The van der Waals surface area contributed by atoms with Gasteiger partial charge < -0.3 is 9.64 Å². The normalized spacial score (nSPS) is 10.4. The lowest BCUT2D eigenvalue weighted by atomic mass is 10.1. The van der Waals surface area contributed by atoms with Gasteiger partial charge >= 0.3 is 0 Å². The fourth-order valence-corrected chi connectivity index (χ4v) is 2.02. The van der Waals surface area contributed by atoms with Gasteiger partial charge in [-0.2, -0.15) is 0 Å². The molecule has 3 nitrogen and oxygen atoms in total. The van der Waals surface area contributed by atoms with Gasteiger partial charge in [0, 0.05) is 30.6 Å². The first-order valence-corrected chi connectivity index (χ1v) is 7.07. The molecule has 0 N–H and O–H groups in total. The summed E-state index contributed by atoms with van der Waals surface area (Å²) in [5.41, 5.74) is 1.00. The summed E-state index contributed by atoms with van der Waals surface area (Å²) in [5, 5.41) is 0. The molecule has 0 aliphatic carbocycles. The van der Waals surface area contributed by atoms with Crippen molar-refractivity contribution in [2.75, 3.05) is 32.7 Å². The zero-order valence-electron chi connectivity index (χ0n) is 10.4. The maximum atomic E-state index is 12.1. The van der Waals surface area contributed by atoms with Crippen LogP contribution in [0, 0.1) is 0 Å². The van der Waals surface area contributed by atoms with E-state index in [1.54, 1.807) is 12.0 Å². The summed E-state index contributed by atoms with van der Waals surface area (Å²) in [4.78, 5) is 13.8. The van der Waals surface area contributed by atoms with Crippen LogP contribution in [0.15, 0.2) is 28.7 Å². The largest absolute Gasteiger partial charge is 0.383 e. The average Bonchev–Trinajstić information content (AvgIpc) is 2.37. The van der Waals surface area contributed by atoms with Gasteiger partial charge in [0.15, 0.2) is 0 Å². The van der Waals surface area contributed by atoms with E-state index < -0.39 is 0 Å². The van der Waals surface area contributed by atoms with Crippen LogP contribution < -0.4 is 0 Å². The summed E-state index contributed by atoms with van der Waals surface area (Å²) in [7, 11) is 1.62. The Hall–Kier alpha value is -0.580. The molecular formula is C13H17BrClNO2. The van der Waals surface area contributed by atoms with E-state index in [9.17, 15) is 4.79 Å². The van der Waals surface area contributed by atoms with Gasteiger partial charge in [0.1, 0.15) is 0 Å². The molecule has 0 fully saturated rings. The Bertz CT molecular complexity index is 370. The highest BCUT2D eigenvalue weighted by Gasteiger charge is 2.13. The maximum Gasteiger partial charge on any atom is 0.227 e. The van der Waals surface area contributed by atoms with Crippen LogP contribution in [0.4, 0.5) is 0 Å². The first-order valence-electron chi connectivity index (χ1n) is 5.74. The number of hydrogen-bond donors (Lipinski definition) is 0. The number of carbonyl (C=O) groups excluding carboxylic acids is 1. The Kier molecular flexibility index (Phi) is 7.32. The van der Waals surface area contributed by atoms with Crippen LogP contribution in [-0.4, -0.2) is 43.5 Å². The van der Waals surface area contributed by atoms with Crippen LogP contribution in [0.25, 0.3) is 0 Å². The van der Waals surface area contributed by atoms with Crippen LogP contribution in [-0.2, 0) is 16.0 Å². The lowest BCUT2D eigenvalue weighted by molar-refractivity contribution is -0.130. The molecule has 0 bridgehead atoms. The van der Waals surface area contributed by atoms with Crippen molar-refractivity contribution in [1.82, 2.24) is 4.90 Å². The highest BCUT2D eigenvalue weighted by molar-refractivity contribution is 9.10. The molecule has 1 aromatic carbocycles. The Morgan fingerprint density at radius 2 is 2.00 bits per heavy atom. The lowest BCUT2D eigenvalue weighted by Crippen LogP contribution is -2.36. The third-order valence-electron chi connectivity index (χ3n) is 2.54. The van der Waals surface area contributed by atoms with E-state index in [4.69, 9.17) is 16.3 Å². The second kappa shape index (κ2) is 8.51. The average molecular weight is 335 g/mol. The first-order chi connectivity index (χ1) is 8.67. The number of nitrogens with zero attached hydrogens (tertiary/aromatic N) is 1. The Morgan fingerprint density at radius 3 is 2.56 bits per heavy atom. The van der Waals surface area contributed by atoms with Crippen molar-refractivity contribution in [2.24, 2.45) is 0 Å². The molecule has 0 aromatic heterocycles. The number of hydrogen-bond acceptors (Lipinski definition) is 2. The summed E-state index contributed by atoms with van der Waals surface area (Å²) in [6, 6.07) is 7.75. The van der Waals surface area contributed by atoms with Crippen LogP contribution in [0.1, 0.15) is 5.56 Å². The van der Waals surface area contributed by atoms with Gasteiger partial charge in [0.2, 0.25) is 5.91 Å². The third-order valence-corrected chi connectivity index (χ3v) is 3.24. The van der Waals surface area contributed by atoms with E-state index in [0.717, 1.165) is 10.0 Å². The number of alkyl halides is 1. The number of amides is 1. The molecular weight excluding hydrogens is 318 g/mol. The van der Waals surface area contributed by atoms with Gasteiger partial charge in [0.25, 0.3) is 0 Å². The predicted octanol–water partition coefficient (Wildman–Crippen LogP) is 2.71. The van der Waals surface area contributed by atoms with E-state index >= 15 is 0 Å². The molecule has 1 aromatic rings. The Morgan fingerprint density at radius 1 is 1.33 bits per heavy atom. The number of halogens is 2. The van der Waals surface area contributed by atoms with Crippen LogP contribution in [0.3, 0.4) is 0 Å². The zero-order valence-corrected chi connectivity index (χ0v) is 12.7. The summed E-state index contributed by atoms with van der Waals surface area (Å²) < 4.78 is 6.00. The van der Waals surface area contributed by atoms with Gasteiger partial charge in [0.05, 0.1) is 13.0 Å². The van der Waals surface area contributed by atoms with Gasteiger partial charge in [-0.15, -0.1) is 11.6 Å². The number of rotatable bonds is 7. The van der Waals surface area contributed by atoms with Gasteiger partial charge in [-0.3, -0.25) is 4.79 Å². The highest BCUT2D eigenvalue weighted by Crippen LogP contribution is 2.11. The Labute approximate surface area is 121 Å². The number of methoxy groups -OCH3 is 1. The minimum atomic E-state index is 0.0787. The monoisotopic (exact) mass is 333 g/mol. The summed E-state index contributed by atoms with van der Waals surface area (Å²) in [6.45, 7) is 1.67. The van der Waals surface area contributed by atoms with Crippen molar-refractivity contribution in [3.05, 3.63) is 34.3 Å². The fraction of sp³-hybridized carbons (Fsp3) is 0.462. The summed E-state index contributed by atoms with van der Waals surface area (Å²) in [5.74, 6) is 0.519. The van der Waals surface area contributed by atoms with Crippen LogP contribution >= 0.6 is 27.5 Å². The smallest absolute Gasteiger partial charge is 0.227 e. The molecule has 18 heavy (non-hydrogen) atoms. The molecule has 0 radical (unpaired) electrons. The van der Waals surface area contributed by atoms with E-state index in [2.05, 4.69) is 15.9 Å². The molecule has 0 saturated heterocycles. The molecule has 0 spiro atoms. The van der Waals surface area contributed by atoms with Crippen molar-refractivity contribution in [1.29, 1.82) is 0 Å². The predicted molar refractivity (Wildman–Crippen MR) is 77.0 cm³/mol. The third kappa shape index (κ3) is 5.38. The van der Waals surface area contributed by atoms with Crippen molar-refractivity contribution in [3.63, 3.8) is 0 Å². The molecule has 100 valence electrons. The second-order valence-corrected chi connectivity index (χ2v) is 5.16. The molecule has 0 aliphatic rings. The van der Waals surface area contributed by atoms with E-state index in [0.29, 0.717) is 32.0 Å². The highest BCUT2D eigenvalue weighted by atomic mass is 79.9. The molecule has 0 saturated carbocycles. The minimum Gasteiger partial charge on any atom is -0.383 e. The van der Waals surface area contributed by atoms with Crippen molar-refractivity contribution in [3.8, 4) is 0 Å². The fourth-order valence-electron chi connectivity index (χ4n) is 1.55. The zero-order chi connectivity index (χ0) is 13.4. The molecule has 0 atom stereocenters. The Balaban J connectivity index is 2.57. The van der Waals surface area contributed by atoms with Crippen molar-refractivity contribution >= 4 is 33.4 Å². The standard InChI is InChI=1S/C13H17BrClNO2/c1-18-9-8-16(7-6-15)13(17)10-11-2-4-12(14)5-3-11/h2-5H,6-10H2,1H3. The quantitative estimate of drug-likeness (QED) is 0.718. The molecule has 1 amide bonds. The summed E-state index contributed by atoms with van der Waals surface area (Å²) in [6.07, 6.45) is 0.397. The van der Waals surface area contributed by atoms with Gasteiger partial charge in [-0.25, -0.2) is 0 Å². The number of benzene rings is 1.